The number of anilines is 1. The second-order valence-corrected chi connectivity index (χ2v) is 6.44. The smallest absolute Gasteiger partial charge is 0.241 e. The van der Waals surface area contributed by atoms with Crippen LogP contribution in [0.4, 0.5) is 5.69 Å². The highest BCUT2D eigenvalue weighted by Gasteiger charge is 2.24. The molecule has 1 amide bonds. The third-order valence-corrected chi connectivity index (χ3v) is 4.22. The van der Waals surface area contributed by atoms with Crippen molar-refractivity contribution in [3.05, 3.63) is 41.8 Å². The van der Waals surface area contributed by atoms with Crippen LogP contribution in [0, 0.1) is 0 Å². The van der Waals surface area contributed by atoms with Gasteiger partial charge in [-0.15, -0.1) is 0 Å². The average Bonchev–Trinajstić information content (AvgIpc) is 2.70. The molecule has 19 heavy (non-hydrogen) atoms. The molecule has 6 heteroatoms. The van der Waals surface area contributed by atoms with Gasteiger partial charge in [-0.25, -0.2) is 8.42 Å². The van der Waals surface area contributed by atoms with Gasteiger partial charge in [-0.1, -0.05) is 24.3 Å². The minimum Gasteiger partial charge on any atom is -0.325 e. The topological polar surface area (TPSA) is 75.3 Å². The number of sulfone groups is 1. The fraction of sp³-hybridized carbons (Fsp3) is 0.308. The number of hydrogen-bond donors (Lipinski definition) is 2. The van der Waals surface area contributed by atoms with Gasteiger partial charge in [0.15, 0.2) is 9.84 Å². The second-order valence-electron chi connectivity index (χ2n) is 4.51. The Morgan fingerprint density at radius 2 is 2.00 bits per heavy atom. The molecule has 0 saturated carbocycles. The average molecular weight is 280 g/mol. The van der Waals surface area contributed by atoms with Crippen LogP contribution in [0.2, 0.25) is 0 Å². The van der Waals surface area contributed by atoms with E-state index in [4.69, 9.17) is 0 Å². The predicted octanol–water partition coefficient (Wildman–Crippen LogP) is 0.914. The molecule has 5 nitrogen and oxygen atoms in total. The molecule has 0 bridgehead atoms. The Hall–Kier alpha value is -1.66. The molecule has 0 radical (unpaired) electrons. The minimum atomic E-state index is -3.10. The number of benzene rings is 1. The third-order valence-electron chi connectivity index (χ3n) is 2.83. The van der Waals surface area contributed by atoms with Crippen molar-refractivity contribution in [3.63, 3.8) is 0 Å². The molecular formula is C13H16N2O3S. The fourth-order valence-corrected chi connectivity index (χ4v) is 3.10. The first-order valence-electron chi connectivity index (χ1n) is 5.99. The highest BCUT2D eigenvalue weighted by molar-refractivity contribution is 7.94. The van der Waals surface area contributed by atoms with Crippen LogP contribution < -0.4 is 10.6 Å². The number of hydrogen-bond acceptors (Lipinski definition) is 4. The van der Waals surface area contributed by atoms with E-state index < -0.39 is 15.9 Å². The van der Waals surface area contributed by atoms with E-state index in [1.165, 1.54) is 5.41 Å². The van der Waals surface area contributed by atoms with Crippen LogP contribution in [-0.2, 0) is 14.6 Å². The lowest BCUT2D eigenvalue weighted by atomic mass is 10.2. The van der Waals surface area contributed by atoms with Gasteiger partial charge in [0.05, 0.1) is 11.8 Å². The number of amides is 1. The first-order valence-corrected chi connectivity index (χ1v) is 7.71. The highest BCUT2D eigenvalue weighted by Crippen LogP contribution is 2.10. The van der Waals surface area contributed by atoms with Crippen molar-refractivity contribution in [2.75, 3.05) is 11.1 Å². The number of carbonyl (C=O) groups excluding carboxylic acids is 1. The van der Waals surface area contributed by atoms with Crippen LogP contribution in [0.25, 0.3) is 0 Å². The second kappa shape index (κ2) is 5.54. The summed E-state index contributed by atoms with van der Waals surface area (Å²) in [6, 6.07) is 8.35. The van der Waals surface area contributed by atoms with Gasteiger partial charge in [0.1, 0.15) is 0 Å². The summed E-state index contributed by atoms with van der Waals surface area (Å²) in [5, 5.41) is 6.92. The summed E-state index contributed by atoms with van der Waals surface area (Å²) < 4.78 is 22.5. The van der Waals surface area contributed by atoms with E-state index in [2.05, 4.69) is 10.6 Å². The van der Waals surface area contributed by atoms with Gasteiger partial charge in [0.2, 0.25) is 5.91 Å². The van der Waals surface area contributed by atoms with Crippen LogP contribution in [0.5, 0.6) is 0 Å². The third kappa shape index (κ3) is 3.90. The molecule has 0 aromatic heterocycles. The van der Waals surface area contributed by atoms with E-state index in [-0.39, 0.29) is 17.7 Å². The lowest BCUT2D eigenvalue weighted by Crippen LogP contribution is -2.44. The summed E-state index contributed by atoms with van der Waals surface area (Å²) in [7, 11) is -3.10. The van der Waals surface area contributed by atoms with Crippen molar-refractivity contribution in [1.82, 2.24) is 5.32 Å². The summed E-state index contributed by atoms with van der Waals surface area (Å²) in [5.41, 5.74) is 0.718. The number of carbonyl (C=O) groups is 1. The largest absolute Gasteiger partial charge is 0.325 e. The predicted molar refractivity (Wildman–Crippen MR) is 74.4 cm³/mol. The lowest BCUT2D eigenvalue weighted by molar-refractivity contribution is -0.117. The van der Waals surface area contributed by atoms with Gasteiger partial charge in [0.25, 0.3) is 0 Å². The van der Waals surface area contributed by atoms with Gasteiger partial charge in [0, 0.05) is 17.1 Å². The van der Waals surface area contributed by atoms with Gasteiger partial charge in [-0.2, -0.15) is 0 Å². The molecule has 0 aliphatic carbocycles. The Morgan fingerprint density at radius 1 is 1.32 bits per heavy atom. The van der Waals surface area contributed by atoms with Crippen molar-refractivity contribution < 1.29 is 13.2 Å². The standard InChI is InChI=1S/C13H16N2O3S/c1-10(14-12-7-8-19(17,18)9-12)13(16)15-11-5-3-2-4-6-11/h2-8,10,12,14H,9H2,1H3,(H,15,16). The van der Waals surface area contributed by atoms with Crippen LogP contribution in [0.1, 0.15) is 6.92 Å². The van der Waals surface area contributed by atoms with Crippen molar-refractivity contribution in [2.24, 2.45) is 0 Å². The molecular weight excluding hydrogens is 264 g/mol. The van der Waals surface area contributed by atoms with E-state index >= 15 is 0 Å². The maximum absolute atomic E-state index is 11.9. The zero-order valence-corrected chi connectivity index (χ0v) is 11.4. The van der Waals surface area contributed by atoms with Gasteiger partial charge in [-0.05, 0) is 19.1 Å². The minimum absolute atomic E-state index is 0.00988. The molecule has 0 spiro atoms. The zero-order chi connectivity index (χ0) is 13.9. The molecule has 1 heterocycles. The van der Waals surface area contributed by atoms with Gasteiger partial charge in [-0.3, -0.25) is 10.1 Å². The van der Waals surface area contributed by atoms with E-state index in [0.717, 1.165) is 5.69 Å². The molecule has 2 unspecified atom stereocenters. The van der Waals surface area contributed by atoms with Gasteiger partial charge < -0.3 is 5.32 Å². The molecule has 1 aliphatic heterocycles. The first kappa shape index (κ1) is 13.8. The maximum Gasteiger partial charge on any atom is 0.241 e. The molecule has 0 saturated heterocycles. The lowest BCUT2D eigenvalue weighted by Gasteiger charge is -2.17. The Morgan fingerprint density at radius 3 is 2.58 bits per heavy atom. The van der Waals surface area contributed by atoms with Crippen LogP contribution in [0.15, 0.2) is 41.8 Å². The zero-order valence-electron chi connectivity index (χ0n) is 10.5. The molecule has 102 valence electrons. The van der Waals surface area contributed by atoms with Crippen molar-refractivity contribution >= 4 is 21.4 Å². The summed E-state index contributed by atoms with van der Waals surface area (Å²) in [6.45, 7) is 1.71. The van der Waals surface area contributed by atoms with Crippen LogP contribution in [0.3, 0.4) is 0 Å². The highest BCUT2D eigenvalue weighted by atomic mass is 32.2. The van der Waals surface area contributed by atoms with E-state index in [0.29, 0.717) is 0 Å². The summed E-state index contributed by atoms with van der Waals surface area (Å²) in [4.78, 5) is 11.9. The molecule has 1 aliphatic rings. The first-order chi connectivity index (χ1) is 8.96. The fourth-order valence-electron chi connectivity index (χ4n) is 1.85. The van der Waals surface area contributed by atoms with E-state index in [9.17, 15) is 13.2 Å². The van der Waals surface area contributed by atoms with Crippen LogP contribution >= 0.6 is 0 Å². The van der Waals surface area contributed by atoms with E-state index in [1.807, 2.05) is 18.2 Å². The Bertz CT molecular complexity index is 581. The number of nitrogens with one attached hydrogen (secondary N) is 2. The number of para-hydroxylation sites is 1. The Kier molecular flexibility index (Phi) is 4.01. The SMILES string of the molecule is CC(NC1C=CS(=O)(=O)C1)C(=O)Nc1ccccc1. The molecule has 2 rings (SSSR count). The Balaban J connectivity index is 1.89. The summed E-state index contributed by atoms with van der Waals surface area (Å²) in [6.07, 6.45) is 1.57. The molecule has 0 fully saturated rings. The molecule has 1 aromatic rings. The molecule has 2 N–H and O–H groups in total. The Labute approximate surface area is 112 Å². The molecule has 1 aromatic carbocycles. The quantitative estimate of drug-likeness (QED) is 0.860. The maximum atomic E-state index is 11.9. The van der Waals surface area contributed by atoms with Gasteiger partial charge >= 0.3 is 0 Å². The van der Waals surface area contributed by atoms with Crippen LogP contribution in [-0.4, -0.2) is 32.2 Å². The summed E-state index contributed by atoms with van der Waals surface area (Å²) in [5.74, 6) is -0.181. The van der Waals surface area contributed by atoms with Crippen molar-refractivity contribution in [2.45, 2.75) is 19.0 Å². The van der Waals surface area contributed by atoms with Crippen molar-refractivity contribution in [1.29, 1.82) is 0 Å². The van der Waals surface area contributed by atoms with Crippen molar-refractivity contribution in [3.8, 4) is 0 Å². The number of rotatable bonds is 4. The normalized spacial score (nSPS) is 22.1. The summed E-state index contributed by atoms with van der Waals surface area (Å²) >= 11 is 0. The van der Waals surface area contributed by atoms with E-state index in [1.54, 1.807) is 25.1 Å². The monoisotopic (exact) mass is 280 g/mol. The molecule has 2 atom stereocenters.